The molecule has 1 aromatic heterocycles. The average Bonchev–Trinajstić information content (AvgIpc) is 2.37. The molecule has 6 nitrogen and oxygen atoms in total. The Bertz CT molecular complexity index is 662. The Morgan fingerprint density at radius 1 is 1.37 bits per heavy atom. The van der Waals surface area contributed by atoms with Gasteiger partial charge in [-0.1, -0.05) is 0 Å². The molecule has 19 heavy (non-hydrogen) atoms. The van der Waals surface area contributed by atoms with Crippen molar-refractivity contribution < 1.29 is 19.1 Å². The van der Waals surface area contributed by atoms with Crippen molar-refractivity contribution in [1.29, 1.82) is 0 Å². The summed E-state index contributed by atoms with van der Waals surface area (Å²) in [5.74, 6) is -0.479. The molecule has 3 N–H and O–H groups in total. The van der Waals surface area contributed by atoms with Crippen LogP contribution >= 0.6 is 0 Å². The lowest BCUT2D eigenvalue weighted by Crippen LogP contribution is -2.18. The molecule has 2 rings (SSSR count). The lowest BCUT2D eigenvalue weighted by Gasteiger charge is -2.06. The van der Waals surface area contributed by atoms with Crippen LogP contribution in [-0.2, 0) is 16.0 Å². The van der Waals surface area contributed by atoms with Crippen molar-refractivity contribution in [2.75, 3.05) is 13.2 Å². The molecule has 0 radical (unpaired) electrons. The molecule has 0 unspecified atom stereocenters. The number of carbonyl (C=O) groups is 1. The molecule has 6 heteroatoms. The van der Waals surface area contributed by atoms with E-state index in [1.165, 1.54) is 18.2 Å². The van der Waals surface area contributed by atoms with Gasteiger partial charge in [-0.25, -0.2) is 4.79 Å². The van der Waals surface area contributed by atoms with Gasteiger partial charge in [-0.3, -0.25) is 4.79 Å². The lowest BCUT2D eigenvalue weighted by molar-refractivity contribution is -0.141. The number of phenolic OH excluding ortho intramolecular Hbond substituents is 1. The van der Waals surface area contributed by atoms with Crippen LogP contribution in [0.5, 0.6) is 5.75 Å². The van der Waals surface area contributed by atoms with Crippen LogP contribution in [-0.4, -0.2) is 24.2 Å². The van der Waals surface area contributed by atoms with Crippen LogP contribution in [0.1, 0.15) is 5.56 Å². The Morgan fingerprint density at radius 3 is 2.89 bits per heavy atom. The number of hydrogen-bond acceptors (Lipinski definition) is 6. The van der Waals surface area contributed by atoms with Gasteiger partial charge in [0.2, 0.25) is 0 Å². The van der Waals surface area contributed by atoms with Crippen LogP contribution in [0.25, 0.3) is 11.0 Å². The summed E-state index contributed by atoms with van der Waals surface area (Å²) in [6.45, 7) is -0.0407. The van der Waals surface area contributed by atoms with Crippen molar-refractivity contribution >= 4 is 16.9 Å². The van der Waals surface area contributed by atoms with Crippen molar-refractivity contribution in [1.82, 2.24) is 0 Å². The maximum Gasteiger partial charge on any atom is 0.336 e. The molecule has 0 aliphatic heterocycles. The number of benzene rings is 1. The number of hydrogen-bond donors (Lipinski definition) is 2. The predicted octanol–water partition coefficient (Wildman–Crippen LogP) is 0.543. The first kappa shape index (κ1) is 13.1. The lowest BCUT2D eigenvalue weighted by atomic mass is 10.1. The van der Waals surface area contributed by atoms with Crippen LogP contribution in [0.3, 0.4) is 0 Å². The third kappa shape index (κ3) is 3.11. The van der Waals surface area contributed by atoms with E-state index in [1.807, 2.05) is 0 Å². The molecule has 0 bridgehead atoms. The van der Waals surface area contributed by atoms with Gasteiger partial charge >= 0.3 is 11.6 Å². The first-order chi connectivity index (χ1) is 9.10. The molecule has 0 atom stereocenters. The van der Waals surface area contributed by atoms with E-state index in [1.54, 1.807) is 6.07 Å². The summed E-state index contributed by atoms with van der Waals surface area (Å²) in [7, 11) is 0. The Morgan fingerprint density at radius 2 is 2.16 bits per heavy atom. The van der Waals surface area contributed by atoms with Gasteiger partial charge < -0.3 is 20.0 Å². The highest BCUT2D eigenvalue weighted by molar-refractivity contribution is 5.81. The Labute approximate surface area is 108 Å². The van der Waals surface area contributed by atoms with Crippen LogP contribution < -0.4 is 11.4 Å². The minimum Gasteiger partial charge on any atom is -0.508 e. The Kier molecular flexibility index (Phi) is 3.82. The minimum absolute atomic E-state index is 0.0161. The molecule has 1 aromatic carbocycles. The van der Waals surface area contributed by atoms with Crippen molar-refractivity contribution in [3.8, 4) is 5.75 Å². The summed E-state index contributed by atoms with van der Waals surface area (Å²) in [5, 5.41) is 10.0. The van der Waals surface area contributed by atoms with E-state index in [2.05, 4.69) is 0 Å². The largest absolute Gasteiger partial charge is 0.508 e. The molecule has 0 saturated heterocycles. The number of fused-ring (bicyclic) bond motifs is 1. The van der Waals surface area contributed by atoms with E-state index in [0.29, 0.717) is 23.0 Å². The summed E-state index contributed by atoms with van der Waals surface area (Å²) < 4.78 is 9.85. The van der Waals surface area contributed by atoms with Gasteiger partial charge in [0, 0.05) is 23.9 Å². The average molecular weight is 263 g/mol. The number of aromatic hydroxyl groups is 1. The first-order valence-electron chi connectivity index (χ1n) is 5.71. The number of ether oxygens (including phenoxy) is 1. The summed E-state index contributed by atoms with van der Waals surface area (Å²) >= 11 is 0. The van der Waals surface area contributed by atoms with Gasteiger partial charge in [-0.15, -0.1) is 0 Å². The zero-order chi connectivity index (χ0) is 13.8. The predicted molar refractivity (Wildman–Crippen MR) is 67.9 cm³/mol. The van der Waals surface area contributed by atoms with Gasteiger partial charge in [0.15, 0.2) is 0 Å². The zero-order valence-electron chi connectivity index (χ0n) is 10.1. The molecule has 2 aromatic rings. The van der Waals surface area contributed by atoms with Gasteiger partial charge in [-0.2, -0.15) is 0 Å². The summed E-state index contributed by atoms with van der Waals surface area (Å²) in [6, 6.07) is 5.85. The molecular formula is C13H13NO5. The fourth-order valence-electron chi connectivity index (χ4n) is 1.76. The van der Waals surface area contributed by atoms with Gasteiger partial charge in [0.1, 0.15) is 11.3 Å². The summed E-state index contributed by atoms with van der Waals surface area (Å²) in [5.41, 5.74) is 5.59. The number of esters is 1. The topological polar surface area (TPSA) is 103 Å². The van der Waals surface area contributed by atoms with E-state index in [-0.39, 0.29) is 18.9 Å². The quantitative estimate of drug-likeness (QED) is 0.616. The highest BCUT2D eigenvalue weighted by Crippen LogP contribution is 2.21. The standard InChI is InChI=1S/C13H13NO5/c14-7-13(17)18-4-3-8-5-12(16)19-11-6-9(15)1-2-10(8)11/h1-2,5-6,15H,3-4,7,14H2. The fraction of sp³-hybridized carbons (Fsp3) is 0.231. The maximum absolute atomic E-state index is 11.4. The molecule has 0 amide bonds. The monoisotopic (exact) mass is 263 g/mol. The van der Waals surface area contributed by atoms with E-state index in [0.717, 1.165) is 0 Å². The molecule has 0 fully saturated rings. The third-order valence-electron chi connectivity index (χ3n) is 2.61. The number of phenols is 1. The van der Waals surface area contributed by atoms with Crippen LogP contribution in [0.2, 0.25) is 0 Å². The molecule has 0 spiro atoms. The van der Waals surface area contributed by atoms with Crippen molar-refractivity contribution in [2.24, 2.45) is 5.73 Å². The Balaban J connectivity index is 2.27. The molecule has 0 saturated carbocycles. The second-order valence-corrected chi connectivity index (χ2v) is 3.95. The third-order valence-corrected chi connectivity index (χ3v) is 2.61. The maximum atomic E-state index is 11.4. The van der Waals surface area contributed by atoms with Crippen LogP contribution in [0.4, 0.5) is 0 Å². The summed E-state index contributed by atoms with van der Waals surface area (Å²) in [6.07, 6.45) is 0.374. The van der Waals surface area contributed by atoms with E-state index >= 15 is 0 Å². The van der Waals surface area contributed by atoms with E-state index < -0.39 is 11.6 Å². The Hall–Kier alpha value is -2.34. The van der Waals surface area contributed by atoms with Crippen LogP contribution in [0.15, 0.2) is 33.5 Å². The van der Waals surface area contributed by atoms with E-state index in [4.69, 9.17) is 14.9 Å². The normalized spacial score (nSPS) is 10.6. The molecule has 0 aliphatic carbocycles. The number of nitrogens with two attached hydrogens (primary N) is 1. The summed E-state index contributed by atoms with van der Waals surface area (Å²) in [4.78, 5) is 22.3. The van der Waals surface area contributed by atoms with Gasteiger partial charge in [-0.05, 0) is 17.7 Å². The molecule has 100 valence electrons. The van der Waals surface area contributed by atoms with Crippen molar-refractivity contribution in [2.45, 2.75) is 6.42 Å². The first-order valence-corrected chi connectivity index (χ1v) is 5.71. The smallest absolute Gasteiger partial charge is 0.336 e. The minimum atomic E-state index is -0.516. The van der Waals surface area contributed by atoms with Gasteiger partial charge in [0.05, 0.1) is 13.2 Å². The van der Waals surface area contributed by atoms with E-state index in [9.17, 15) is 14.7 Å². The number of carbonyl (C=O) groups excluding carboxylic acids is 1. The molecular weight excluding hydrogens is 250 g/mol. The van der Waals surface area contributed by atoms with Crippen LogP contribution in [0, 0.1) is 0 Å². The molecule has 0 aliphatic rings. The highest BCUT2D eigenvalue weighted by atomic mass is 16.5. The zero-order valence-corrected chi connectivity index (χ0v) is 10.1. The SMILES string of the molecule is NCC(=O)OCCc1cc(=O)oc2cc(O)ccc12. The fourth-order valence-corrected chi connectivity index (χ4v) is 1.76. The highest BCUT2D eigenvalue weighted by Gasteiger charge is 2.07. The molecule has 1 heterocycles. The van der Waals surface area contributed by atoms with Crippen molar-refractivity contribution in [3.05, 3.63) is 40.2 Å². The number of rotatable bonds is 4. The second-order valence-electron chi connectivity index (χ2n) is 3.95. The second kappa shape index (κ2) is 5.53. The van der Waals surface area contributed by atoms with Gasteiger partial charge in [0.25, 0.3) is 0 Å². The van der Waals surface area contributed by atoms with Crippen molar-refractivity contribution in [3.63, 3.8) is 0 Å².